The molecule has 0 fully saturated rings. The van der Waals surface area contributed by atoms with Gasteiger partial charge in [-0.05, 0) is 18.6 Å². The number of hydrogen-bond donors (Lipinski definition) is 3. The van der Waals surface area contributed by atoms with E-state index in [9.17, 15) is 14.7 Å². The number of benzene rings is 1. The number of aromatic hydroxyl groups is 1. The van der Waals surface area contributed by atoms with E-state index in [-0.39, 0.29) is 11.4 Å². The summed E-state index contributed by atoms with van der Waals surface area (Å²) in [5.41, 5.74) is 2.77. The molecule has 0 radical (unpaired) electrons. The molecule has 0 atom stereocenters. The van der Waals surface area contributed by atoms with Crippen molar-refractivity contribution < 1.29 is 24.3 Å². The van der Waals surface area contributed by atoms with E-state index in [2.05, 4.69) is 15.5 Å². The lowest BCUT2D eigenvalue weighted by atomic mass is 10.1. The van der Waals surface area contributed by atoms with Gasteiger partial charge in [0.15, 0.2) is 11.5 Å². The number of carbonyl (C=O) groups is 2. The van der Waals surface area contributed by atoms with Crippen molar-refractivity contribution in [3.8, 4) is 28.3 Å². The quantitative estimate of drug-likeness (QED) is 0.642. The summed E-state index contributed by atoms with van der Waals surface area (Å²) in [7, 11) is 0. The zero-order chi connectivity index (χ0) is 18.7. The predicted molar refractivity (Wildman–Crippen MR) is 91.5 cm³/mol. The molecule has 2 heterocycles. The van der Waals surface area contributed by atoms with Crippen LogP contribution in [0.3, 0.4) is 0 Å². The second-order valence-corrected chi connectivity index (χ2v) is 5.56. The fourth-order valence-electron chi connectivity index (χ4n) is 2.40. The van der Waals surface area contributed by atoms with Gasteiger partial charge in [0.1, 0.15) is 18.0 Å². The second kappa shape index (κ2) is 7.06. The van der Waals surface area contributed by atoms with E-state index in [1.807, 2.05) is 31.2 Å². The van der Waals surface area contributed by atoms with E-state index in [0.29, 0.717) is 17.0 Å². The van der Waals surface area contributed by atoms with E-state index < -0.39 is 18.4 Å². The molecule has 3 N–H and O–H groups in total. The standard InChI is InChI=1S/C18H15N3O5/c1-10-4-2-3-5-12(10)13-7-15(26-21-13)11-6-14(22)17(19-8-11)18(25)20-9-16(23)24/h2-8,22H,9H2,1H3,(H,20,25)(H,23,24). The van der Waals surface area contributed by atoms with Crippen molar-refractivity contribution in [2.45, 2.75) is 6.92 Å². The summed E-state index contributed by atoms with van der Waals surface area (Å²) in [6, 6.07) is 10.7. The van der Waals surface area contributed by atoms with Crippen LogP contribution in [0, 0.1) is 6.92 Å². The van der Waals surface area contributed by atoms with E-state index in [1.54, 1.807) is 6.07 Å². The van der Waals surface area contributed by atoms with Crippen LogP contribution in [0.5, 0.6) is 5.75 Å². The molecule has 132 valence electrons. The van der Waals surface area contributed by atoms with Crippen molar-refractivity contribution in [1.29, 1.82) is 0 Å². The molecule has 0 aliphatic heterocycles. The summed E-state index contributed by atoms with van der Waals surface area (Å²) in [6.07, 6.45) is 1.34. The third-order valence-corrected chi connectivity index (χ3v) is 3.70. The summed E-state index contributed by atoms with van der Waals surface area (Å²) < 4.78 is 5.32. The van der Waals surface area contributed by atoms with E-state index in [1.165, 1.54) is 12.3 Å². The number of carboxylic acids is 1. The summed E-state index contributed by atoms with van der Waals surface area (Å²) in [5.74, 6) is -1.99. The Kier molecular flexibility index (Phi) is 4.66. The fourth-order valence-corrected chi connectivity index (χ4v) is 2.40. The molecule has 0 aliphatic carbocycles. The summed E-state index contributed by atoms with van der Waals surface area (Å²) in [6.45, 7) is 1.39. The van der Waals surface area contributed by atoms with Crippen LogP contribution in [0.25, 0.3) is 22.6 Å². The van der Waals surface area contributed by atoms with Crippen molar-refractivity contribution in [3.05, 3.63) is 53.9 Å². The Hall–Kier alpha value is -3.68. The summed E-state index contributed by atoms with van der Waals surface area (Å²) in [4.78, 5) is 26.2. The maximum Gasteiger partial charge on any atom is 0.322 e. The van der Waals surface area contributed by atoms with Crippen LogP contribution in [0.2, 0.25) is 0 Å². The molecule has 1 amide bonds. The highest BCUT2D eigenvalue weighted by Gasteiger charge is 2.17. The van der Waals surface area contributed by atoms with Gasteiger partial charge in [0, 0.05) is 23.4 Å². The highest BCUT2D eigenvalue weighted by Crippen LogP contribution is 2.29. The topological polar surface area (TPSA) is 126 Å². The smallest absolute Gasteiger partial charge is 0.322 e. The van der Waals surface area contributed by atoms with Crippen LogP contribution in [0.4, 0.5) is 0 Å². The Labute approximate surface area is 148 Å². The van der Waals surface area contributed by atoms with Crippen molar-refractivity contribution in [2.75, 3.05) is 6.54 Å². The summed E-state index contributed by atoms with van der Waals surface area (Å²) >= 11 is 0. The minimum absolute atomic E-state index is 0.270. The normalized spacial score (nSPS) is 10.5. The number of aryl methyl sites for hydroxylation is 1. The first-order valence-electron chi connectivity index (χ1n) is 7.68. The first-order chi connectivity index (χ1) is 12.5. The van der Waals surface area contributed by atoms with Gasteiger partial charge in [0.05, 0.1) is 0 Å². The maximum absolute atomic E-state index is 11.8. The number of rotatable bonds is 5. The zero-order valence-electron chi connectivity index (χ0n) is 13.8. The number of pyridine rings is 1. The largest absolute Gasteiger partial charge is 0.505 e. The second-order valence-electron chi connectivity index (χ2n) is 5.56. The number of aromatic nitrogens is 2. The van der Waals surface area contributed by atoms with Gasteiger partial charge in [-0.1, -0.05) is 29.4 Å². The number of nitrogens with one attached hydrogen (secondary N) is 1. The maximum atomic E-state index is 11.8. The molecule has 3 rings (SSSR count). The van der Waals surface area contributed by atoms with Gasteiger partial charge >= 0.3 is 5.97 Å². The minimum atomic E-state index is -1.19. The lowest BCUT2D eigenvalue weighted by Gasteiger charge is -2.05. The molecule has 0 saturated heterocycles. The SMILES string of the molecule is Cc1ccccc1-c1cc(-c2cnc(C(=O)NCC(=O)O)c(O)c2)on1. The lowest BCUT2D eigenvalue weighted by molar-refractivity contribution is -0.135. The molecule has 0 bridgehead atoms. The van der Waals surface area contributed by atoms with Gasteiger partial charge in [-0.2, -0.15) is 0 Å². The molecule has 0 aliphatic rings. The molecule has 2 aromatic heterocycles. The molecule has 8 heteroatoms. The van der Waals surface area contributed by atoms with Crippen LogP contribution in [0.1, 0.15) is 16.1 Å². The van der Waals surface area contributed by atoms with Crippen LogP contribution in [-0.2, 0) is 4.79 Å². The van der Waals surface area contributed by atoms with Crippen LogP contribution in [0.15, 0.2) is 47.1 Å². The van der Waals surface area contributed by atoms with Gasteiger partial charge in [0.2, 0.25) is 0 Å². The Morgan fingerprint density at radius 2 is 2.00 bits per heavy atom. The fraction of sp³-hybridized carbons (Fsp3) is 0.111. The Bertz CT molecular complexity index is 980. The van der Waals surface area contributed by atoms with Crippen LogP contribution in [-0.4, -0.2) is 38.8 Å². The molecule has 26 heavy (non-hydrogen) atoms. The first kappa shape index (κ1) is 17.2. The van der Waals surface area contributed by atoms with Gasteiger partial charge < -0.3 is 20.1 Å². The molecule has 0 saturated carbocycles. The Morgan fingerprint density at radius 3 is 2.69 bits per heavy atom. The van der Waals surface area contributed by atoms with E-state index >= 15 is 0 Å². The van der Waals surface area contributed by atoms with Crippen molar-refractivity contribution >= 4 is 11.9 Å². The number of hydrogen-bond acceptors (Lipinski definition) is 6. The first-order valence-corrected chi connectivity index (χ1v) is 7.68. The molecule has 0 spiro atoms. The molecule has 3 aromatic rings. The Balaban J connectivity index is 1.85. The summed E-state index contributed by atoms with van der Waals surface area (Å²) in [5, 5.41) is 24.8. The van der Waals surface area contributed by atoms with E-state index in [4.69, 9.17) is 9.63 Å². The monoisotopic (exact) mass is 353 g/mol. The predicted octanol–water partition coefficient (Wildman–Crippen LogP) is 2.23. The molecular formula is C18H15N3O5. The molecule has 8 nitrogen and oxygen atoms in total. The number of aliphatic carboxylic acids is 1. The Morgan fingerprint density at radius 1 is 1.23 bits per heavy atom. The molecular weight excluding hydrogens is 338 g/mol. The average Bonchev–Trinajstić information content (AvgIpc) is 3.10. The number of carbonyl (C=O) groups excluding carboxylic acids is 1. The molecule has 1 aromatic carbocycles. The number of nitrogens with zero attached hydrogens (tertiary/aromatic N) is 2. The minimum Gasteiger partial charge on any atom is -0.505 e. The van der Waals surface area contributed by atoms with Gasteiger partial charge in [-0.15, -0.1) is 0 Å². The van der Waals surface area contributed by atoms with Gasteiger partial charge in [-0.25, -0.2) is 4.98 Å². The van der Waals surface area contributed by atoms with E-state index in [0.717, 1.165) is 11.1 Å². The lowest BCUT2D eigenvalue weighted by Crippen LogP contribution is -2.29. The third kappa shape index (κ3) is 3.54. The number of carboxylic acid groups (broad SMARTS) is 1. The van der Waals surface area contributed by atoms with Crippen molar-refractivity contribution in [2.24, 2.45) is 0 Å². The molecule has 0 unspecified atom stereocenters. The van der Waals surface area contributed by atoms with Crippen molar-refractivity contribution in [3.63, 3.8) is 0 Å². The third-order valence-electron chi connectivity index (χ3n) is 3.70. The van der Waals surface area contributed by atoms with Crippen LogP contribution < -0.4 is 5.32 Å². The average molecular weight is 353 g/mol. The van der Waals surface area contributed by atoms with Gasteiger partial charge in [-0.3, -0.25) is 9.59 Å². The van der Waals surface area contributed by atoms with Crippen LogP contribution >= 0.6 is 0 Å². The highest BCUT2D eigenvalue weighted by molar-refractivity contribution is 5.96. The zero-order valence-corrected chi connectivity index (χ0v) is 13.8. The van der Waals surface area contributed by atoms with Gasteiger partial charge in [0.25, 0.3) is 5.91 Å². The van der Waals surface area contributed by atoms with Crippen molar-refractivity contribution in [1.82, 2.24) is 15.5 Å². The number of amides is 1. The highest BCUT2D eigenvalue weighted by atomic mass is 16.5.